The maximum atomic E-state index is 10.2. The van der Waals surface area contributed by atoms with E-state index in [1.165, 1.54) is 12.1 Å². The van der Waals surface area contributed by atoms with Crippen LogP contribution in [0.2, 0.25) is 0 Å². The zero-order chi connectivity index (χ0) is 8.27. The average Bonchev–Trinajstić information content (AvgIpc) is 2.05. The van der Waals surface area contributed by atoms with Gasteiger partial charge in [-0.25, -0.2) is 0 Å². The van der Waals surface area contributed by atoms with Crippen LogP contribution in [0.3, 0.4) is 0 Å². The van der Waals surface area contributed by atoms with E-state index in [2.05, 4.69) is 0 Å². The summed E-state index contributed by atoms with van der Waals surface area (Å²) in [6, 6.07) is 6.30. The molecule has 12 heavy (non-hydrogen) atoms. The van der Waals surface area contributed by atoms with Crippen molar-refractivity contribution >= 4 is 18.1 Å². The summed E-state index contributed by atoms with van der Waals surface area (Å²) in [6.45, 7) is 0.335. The van der Waals surface area contributed by atoms with Gasteiger partial charge < -0.3 is 5.73 Å². The summed E-state index contributed by atoms with van der Waals surface area (Å²) in [7, 11) is 0. The zero-order valence-electron chi connectivity index (χ0n) is 6.27. The van der Waals surface area contributed by atoms with Gasteiger partial charge in [-0.1, -0.05) is 12.1 Å². The van der Waals surface area contributed by atoms with Crippen LogP contribution in [-0.4, -0.2) is 4.92 Å². The van der Waals surface area contributed by atoms with Crippen LogP contribution in [0.25, 0.3) is 0 Å². The molecule has 0 spiro atoms. The molecule has 0 unspecified atom stereocenters. The summed E-state index contributed by atoms with van der Waals surface area (Å²) in [4.78, 5) is 9.80. The molecule has 0 radical (unpaired) electrons. The lowest BCUT2D eigenvalue weighted by Gasteiger charge is -1.94. The number of hydrogen-bond acceptors (Lipinski definition) is 3. The second-order valence-electron chi connectivity index (χ2n) is 2.13. The van der Waals surface area contributed by atoms with Gasteiger partial charge in [0.25, 0.3) is 5.69 Å². The Balaban J connectivity index is 0.00000121. The first-order chi connectivity index (χ1) is 5.24. The molecule has 0 aromatic heterocycles. The predicted molar refractivity (Wildman–Crippen MR) is 48.2 cm³/mol. The smallest absolute Gasteiger partial charge is 0.269 e. The van der Waals surface area contributed by atoms with E-state index in [1.807, 2.05) is 0 Å². The summed E-state index contributed by atoms with van der Waals surface area (Å²) in [5, 5.41) is 10.2. The fraction of sp³-hybridized carbons (Fsp3) is 0.143. The van der Waals surface area contributed by atoms with E-state index in [1.54, 1.807) is 12.1 Å². The van der Waals surface area contributed by atoms with Crippen LogP contribution in [0.1, 0.15) is 5.56 Å². The highest BCUT2D eigenvalue weighted by atomic mass is 35.5. The van der Waals surface area contributed by atoms with Crippen LogP contribution in [0.5, 0.6) is 0 Å². The van der Waals surface area contributed by atoms with Gasteiger partial charge in [-0.15, -0.1) is 12.4 Å². The molecule has 2 N–H and O–H groups in total. The molecule has 4 nitrogen and oxygen atoms in total. The minimum atomic E-state index is -0.431. The number of benzene rings is 1. The topological polar surface area (TPSA) is 69.2 Å². The van der Waals surface area contributed by atoms with Crippen molar-refractivity contribution in [2.45, 2.75) is 6.54 Å². The second kappa shape index (κ2) is 4.69. The Labute approximate surface area is 75.9 Å². The minimum Gasteiger partial charge on any atom is -0.326 e. The SMILES string of the molecule is Cl.NCc1cccc([N+](=O)[O-])c1. The van der Waals surface area contributed by atoms with E-state index in [9.17, 15) is 10.1 Å². The van der Waals surface area contributed by atoms with Crippen molar-refractivity contribution in [2.75, 3.05) is 0 Å². The van der Waals surface area contributed by atoms with Gasteiger partial charge in [-0.3, -0.25) is 10.1 Å². The van der Waals surface area contributed by atoms with E-state index in [0.717, 1.165) is 5.56 Å². The van der Waals surface area contributed by atoms with E-state index in [4.69, 9.17) is 5.73 Å². The molecular formula is C7H9ClN2O2. The summed E-state index contributed by atoms with van der Waals surface area (Å²) in [5.41, 5.74) is 6.16. The molecule has 1 aromatic carbocycles. The molecule has 0 heterocycles. The monoisotopic (exact) mass is 188 g/mol. The van der Waals surface area contributed by atoms with Crippen molar-refractivity contribution in [1.29, 1.82) is 0 Å². The van der Waals surface area contributed by atoms with Gasteiger partial charge in [-0.05, 0) is 5.56 Å². The lowest BCUT2D eigenvalue weighted by atomic mass is 10.2. The highest BCUT2D eigenvalue weighted by Crippen LogP contribution is 2.11. The highest BCUT2D eigenvalue weighted by molar-refractivity contribution is 5.85. The van der Waals surface area contributed by atoms with E-state index in [0.29, 0.717) is 6.54 Å². The third-order valence-corrected chi connectivity index (χ3v) is 1.36. The number of hydrogen-bond donors (Lipinski definition) is 1. The lowest BCUT2D eigenvalue weighted by molar-refractivity contribution is -0.384. The fourth-order valence-electron chi connectivity index (χ4n) is 0.797. The summed E-state index contributed by atoms with van der Waals surface area (Å²) in [5.74, 6) is 0. The molecule has 0 aliphatic rings. The Morgan fingerprint density at radius 3 is 2.67 bits per heavy atom. The first-order valence-corrected chi connectivity index (χ1v) is 3.17. The molecule has 0 aliphatic heterocycles. The maximum Gasteiger partial charge on any atom is 0.269 e. The molecule has 0 bridgehead atoms. The molecule has 0 aliphatic carbocycles. The van der Waals surface area contributed by atoms with Gasteiger partial charge in [0, 0.05) is 18.7 Å². The lowest BCUT2D eigenvalue weighted by Crippen LogP contribution is -1.97. The Hall–Kier alpha value is -1.13. The van der Waals surface area contributed by atoms with Crippen molar-refractivity contribution in [2.24, 2.45) is 5.73 Å². The van der Waals surface area contributed by atoms with Crippen LogP contribution in [-0.2, 0) is 6.54 Å². The number of nitro benzene ring substituents is 1. The normalized spacial score (nSPS) is 8.75. The van der Waals surface area contributed by atoms with Crippen molar-refractivity contribution in [3.8, 4) is 0 Å². The number of non-ortho nitro benzene ring substituents is 1. The van der Waals surface area contributed by atoms with Crippen molar-refractivity contribution < 1.29 is 4.92 Å². The van der Waals surface area contributed by atoms with Gasteiger partial charge in [-0.2, -0.15) is 0 Å². The Kier molecular flexibility index (Phi) is 4.25. The van der Waals surface area contributed by atoms with E-state index >= 15 is 0 Å². The number of rotatable bonds is 2. The maximum absolute atomic E-state index is 10.2. The first kappa shape index (κ1) is 10.9. The fourth-order valence-corrected chi connectivity index (χ4v) is 0.797. The number of halogens is 1. The number of nitrogens with zero attached hydrogens (tertiary/aromatic N) is 1. The van der Waals surface area contributed by atoms with Crippen LogP contribution in [0, 0.1) is 10.1 Å². The molecule has 0 saturated carbocycles. The number of nitro groups is 1. The standard InChI is InChI=1S/C7H8N2O2.ClH/c8-5-6-2-1-3-7(4-6)9(10)11;/h1-4H,5,8H2;1H. The van der Waals surface area contributed by atoms with E-state index in [-0.39, 0.29) is 18.1 Å². The van der Waals surface area contributed by atoms with Crippen molar-refractivity contribution in [3.05, 3.63) is 39.9 Å². The summed E-state index contributed by atoms with van der Waals surface area (Å²) >= 11 is 0. The van der Waals surface area contributed by atoms with Crippen LogP contribution < -0.4 is 5.73 Å². The zero-order valence-corrected chi connectivity index (χ0v) is 7.08. The average molecular weight is 189 g/mol. The molecule has 1 rings (SSSR count). The second-order valence-corrected chi connectivity index (χ2v) is 2.13. The molecule has 0 amide bonds. The highest BCUT2D eigenvalue weighted by Gasteiger charge is 2.03. The number of nitrogens with two attached hydrogens (primary N) is 1. The molecule has 66 valence electrons. The van der Waals surface area contributed by atoms with Gasteiger partial charge >= 0.3 is 0 Å². The first-order valence-electron chi connectivity index (χ1n) is 3.17. The third-order valence-electron chi connectivity index (χ3n) is 1.36. The Morgan fingerprint density at radius 1 is 1.50 bits per heavy atom. The largest absolute Gasteiger partial charge is 0.326 e. The molecule has 1 aromatic rings. The van der Waals surface area contributed by atoms with E-state index < -0.39 is 4.92 Å². The van der Waals surface area contributed by atoms with Gasteiger partial charge in [0.1, 0.15) is 0 Å². The summed E-state index contributed by atoms with van der Waals surface area (Å²) < 4.78 is 0. The summed E-state index contributed by atoms with van der Waals surface area (Å²) in [6.07, 6.45) is 0. The molecular weight excluding hydrogens is 180 g/mol. The van der Waals surface area contributed by atoms with Crippen LogP contribution >= 0.6 is 12.4 Å². The molecule has 5 heteroatoms. The van der Waals surface area contributed by atoms with Gasteiger partial charge in [0.15, 0.2) is 0 Å². The predicted octanol–water partition coefficient (Wildman–Crippen LogP) is 1.48. The molecule has 0 atom stereocenters. The van der Waals surface area contributed by atoms with Gasteiger partial charge in [0.05, 0.1) is 4.92 Å². The minimum absolute atomic E-state index is 0. The van der Waals surface area contributed by atoms with Crippen LogP contribution in [0.15, 0.2) is 24.3 Å². The van der Waals surface area contributed by atoms with Crippen molar-refractivity contribution in [3.63, 3.8) is 0 Å². The quantitative estimate of drug-likeness (QED) is 0.565. The third kappa shape index (κ3) is 2.48. The van der Waals surface area contributed by atoms with Crippen LogP contribution in [0.4, 0.5) is 5.69 Å². The van der Waals surface area contributed by atoms with Crippen molar-refractivity contribution in [1.82, 2.24) is 0 Å². The Bertz CT molecular complexity index is 278. The molecule has 0 fully saturated rings. The Morgan fingerprint density at radius 2 is 2.17 bits per heavy atom. The molecule has 0 saturated heterocycles. The van der Waals surface area contributed by atoms with Gasteiger partial charge in [0.2, 0.25) is 0 Å².